The van der Waals surface area contributed by atoms with Crippen molar-refractivity contribution in [2.24, 2.45) is 0 Å². The zero-order chi connectivity index (χ0) is 30.8. The molecule has 3 aromatic rings. The molecule has 0 radical (unpaired) electrons. The quantitative estimate of drug-likeness (QED) is 0.250. The number of nitrogens with one attached hydrogen (secondary N) is 2. The number of rotatable bonds is 14. The number of aryl methyl sites for hydroxylation is 1. The Morgan fingerprint density at radius 3 is 2.60 bits per heavy atom. The largest absolute Gasteiger partial charge is 0.497 e. The first-order valence-corrected chi connectivity index (χ1v) is 15.6. The predicted octanol–water partition coefficient (Wildman–Crippen LogP) is 4.76. The number of piperidine rings is 1. The van der Waals surface area contributed by atoms with Gasteiger partial charge >= 0.3 is 0 Å². The summed E-state index contributed by atoms with van der Waals surface area (Å²) in [4.78, 5) is 29.2. The van der Waals surface area contributed by atoms with Crippen LogP contribution in [-0.4, -0.2) is 70.0 Å². The van der Waals surface area contributed by atoms with Crippen molar-refractivity contribution in [3.63, 3.8) is 0 Å². The van der Waals surface area contributed by atoms with Crippen LogP contribution in [-0.2, 0) is 13.0 Å². The summed E-state index contributed by atoms with van der Waals surface area (Å²) in [5.41, 5.74) is 2.64. The number of aliphatic hydroxyl groups is 1. The highest BCUT2D eigenvalue weighted by atomic mass is 16.5. The minimum absolute atomic E-state index is 0.0435. The molecule has 0 aliphatic carbocycles. The number of methoxy groups -OCH3 is 1. The van der Waals surface area contributed by atoms with Gasteiger partial charge in [0.2, 0.25) is 0 Å². The maximum absolute atomic E-state index is 13.7. The van der Waals surface area contributed by atoms with Crippen molar-refractivity contribution in [3.05, 3.63) is 83.2 Å². The molecule has 0 bridgehead atoms. The molecule has 0 spiro atoms. The van der Waals surface area contributed by atoms with Crippen LogP contribution in [0.4, 0.5) is 0 Å². The van der Waals surface area contributed by atoms with Crippen molar-refractivity contribution < 1.29 is 19.4 Å². The molecule has 4 atom stereocenters. The second-order valence-corrected chi connectivity index (χ2v) is 11.4. The van der Waals surface area contributed by atoms with Gasteiger partial charge in [-0.3, -0.25) is 14.3 Å². The summed E-state index contributed by atoms with van der Waals surface area (Å²) in [6, 6.07) is 18.8. The summed E-state index contributed by atoms with van der Waals surface area (Å²) < 4.78 is 6.97. The van der Waals surface area contributed by atoms with Crippen molar-refractivity contribution in [3.8, 4) is 5.75 Å². The maximum atomic E-state index is 13.7. The Bertz CT molecular complexity index is 1330. The fraction of sp³-hybridized carbons (Fsp3) is 0.500. The molecule has 9 heteroatoms. The molecule has 3 N–H and O–H groups in total. The summed E-state index contributed by atoms with van der Waals surface area (Å²) in [5, 5.41) is 22.2. The first kappa shape index (κ1) is 32.2. The first-order chi connectivity index (χ1) is 20.8. The van der Waals surface area contributed by atoms with Gasteiger partial charge in [-0.25, -0.2) is 0 Å². The number of carbonyl (C=O) groups excluding carboxylic acids is 2. The van der Waals surface area contributed by atoms with Gasteiger partial charge in [0.1, 0.15) is 11.4 Å². The number of nitrogens with zero attached hydrogens (tertiary/aromatic N) is 3. The molecule has 2 aromatic carbocycles. The zero-order valence-corrected chi connectivity index (χ0v) is 26.0. The molecule has 1 aliphatic heterocycles. The third kappa shape index (κ3) is 8.45. The van der Waals surface area contributed by atoms with Crippen LogP contribution in [0.2, 0.25) is 0 Å². The molecular formula is C34H47N5O4. The van der Waals surface area contributed by atoms with E-state index in [4.69, 9.17) is 4.74 Å². The molecule has 2 amide bonds. The molecule has 1 aliphatic rings. The van der Waals surface area contributed by atoms with E-state index in [0.717, 1.165) is 55.5 Å². The average Bonchev–Trinajstić information content (AvgIpc) is 3.48. The number of aliphatic hydroxyl groups excluding tert-OH is 1. The van der Waals surface area contributed by atoms with Gasteiger partial charge in [0.05, 0.1) is 19.3 Å². The topological polar surface area (TPSA) is 109 Å². The lowest BCUT2D eigenvalue weighted by Gasteiger charge is -2.35. The second kappa shape index (κ2) is 15.7. The van der Waals surface area contributed by atoms with E-state index in [1.54, 1.807) is 17.9 Å². The van der Waals surface area contributed by atoms with Gasteiger partial charge in [-0.1, -0.05) is 55.8 Å². The molecule has 43 heavy (non-hydrogen) atoms. The highest BCUT2D eigenvalue weighted by Gasteiger charge is 2.31. The van der Waals surface area contributed by atoms with E-state index >= 15 is 0 Å². The van der Waals surface area contributed by atoms with Crippen LogP contribution >= 0.6 is 0 Å². The number of benzene rings is 2. The van der Waals surface area contributed by atoms with Gasteiger partial charge in [-0.15, -0.1) is 0 Å². The van der Waals surface area contributed by atoms with E-state index in [-0.39, 0.29) is 30.2 Å². The van der Waals surface area contributed by atoms with Gasteiger partial charge in [-0.2, -0.15) is 5.10 Å². The Kier molecular flexibility index (Phi) is 11.8. The van der Waals surface area contributed by atoms with Crippen LogP contribution < -0.4 is 15.4 Å². The van der Waals surface area contributed by atoms with Crippen LogP contribution in [0, 0.1) is 0 Å². The van der Waals surface area contributed by atoms with E-state index in [2.05, 4.69) is 22.7 Å². The highest BCUT2D eigenvalue weighted by Crippen LogP contribution is 2.24. The van der Waals surface area contributed by atoms with Crippen molar-refractivity contribution >= 4 is 11.8 Å². The number of aromatic nitrogens is 2. The van der Waals surface area contributed by atoms with Crippen LogP contribution in [0.5, 0.6) is 5.75 Å². The Labute approximate surface area is 255 Å². The SMILES string of the molecule is CCCC1CCCCN1C(=O)c1cc(C(=O)N[C@@H](Cc2ccccc2)[C@H](O)CN[C@@H](C)c2cccc(OC)c2)nn1CC. The van der Waals surface area contributed by atoms with Gasteiger partial charge in [0.15, 0.2) is 5.69 Å². The van der Waals surface area contributed by atoms with Gasteiger partial charge in [-0.05, 0) is 69.2 Å². The normalized spacial score (nSPS) is 17.2. The Hall–Kier alpha value is -3.69. The van der Waals surface area contributed by atoms with Crippen molar-refractivity contribution in [1.29, 1.82) is 0 Å². The Morgan fingerprint density at radius 1 is 1.09 bits per heavy atom. The van der Waals surface area contributed by atoms with Crippen molar-refractivity contribution in [2.75, 3.05) is 20.2 Å². The molecule has 9 nitrogen and oxygen atoms in total. The molecule has 2 heterocycles. The van der Waals surface area contributed by atoms with E-state index in [9.17, 15) is 14.7 Å². The number of amides is 2. The van der Waals surface area contributed by atoms with Gasteiger partial charge in [0, 0.05) is 37.8 Å². The van der Waals surface area contributed by atoms with Crippen LogP contribution in [0.1, 0.15) is 91.0 Å². The van der Waals surface area contributed by atoms with E-state index in [1.165, 1.54) is 0 Å². The van der Waals surface area contributed by atoms with Gasteiger partial charge in [0.25, 0.3) is 11.8 Å². The number of hydrogen-bond acceptors (Lipinski definition) is 6. The summed E-state index contributed by atoms with van der Waals surface area (Å²) >= 11 is 0. The van der Waals surface area contributed by atoms with Crippen LogP contribution in [0.25, 0.3) is 0 Å². The molecule has 232 valence electrons. The lowest BCUT2D eigenvalue weighted by Crippen LogP contribution is -2.49. The summed E-state index contributed by atoms with van der Waals surface area (Å²) in [6.07, 6.45) is 4.69. The summed E-state index contributed by atoms with van der Waals surface area (Å²) in [5.74, 6) is 0.292. The van der Waals surface area contributed by atoms with Crippen molar-refractivity contribution in [1.82, 2.24) is 25.3 Å². The Morgan fingerprint density at radius 2 is 1.88 bits per heavy atom. The average molecular weight is 590 g/mol. The minimum atomic E-state index is -0.880. The zero-order valence-electron chi connectivity index (χ0n) is 26.0. The molecule has 1 saturated heterocycles. The third-order valence-electron chi connectivity index (χ3n) is 8.35. The predicted molar refractivity (Wildman–Crippen MR) is 168 cm³/mol. The number of ether oxygens (including phenoxy) is 1. The number of likely N-dealkylation sites (tertiary alicyclic amines) is 1. The summed E-state index contributed by atoms with van der Waals surface area (Å²) in [6.45, 7) is 7.55. The monoisotopic (exact) mass is 589 g/mol. The maximum Gasteiger partial charge on any atom is 0.272 e. The van der Waals surface area contributed by atoms with Crippen molar-refractivity contribution in [2.45, 2.75) is 90.1 Å². The molecule has 4 rings (SSSR count). The standard InChI is InChI=1S/C34H47N5O4/c1-5-13-27-17-10-11-19-38(27)34(42)31-22-30(37-39(31)6-2)33(41)36-29(20-25-14-8-7-9-15-25)32(40)23-35-24(3)26-16-12-18-28(21-26)43-4/h7-9,12,14-16,18,21-22,24,27,29,32,35,40H,5-6,10-11,13,17,19-20,23H2,1-4H3,(H,36,41)/t24-,27?,29-,32+/m0/s1. The third-order valence-corrected chi connectivity index (χ3v) is 8.35. The minimum Gasteiger partial charge on any atom is -0.497 e. The van der Waals surface area contributed by atoms with Crippen LogP contribution in [0.3, 0.4) is 0 Å². The fourth-order valence-electron chi connectivity index (χ4n) is 5.85. The van der Waals surface area contributed by atoms with E-state index in [1.807, 2.05) is 73.3 Å². The molecule has 1 aromatic heterocycles. The number of carbonyl (C=O) groups is 2. The summed E-state index contributed by atoms with van der Waals surface area (Å²) in [7, 11) is 1.64. The molecule has 1 unspecified atom stereocenters. The molecular weight excluding hydrogens is 542 g/mol. The Balaban J connectivity index is 1.49. The smallest absolute Gasteiger partial charge is 0.272 e. The molecule has 1 fully saturated rings. The number of hydrogen-bond donors (Lipinski definition) is 3. The lowest BCUT2D eigenvalue weighted by atomic mass is 9.98. The fourth-order valence-corrected chi connectivity index (χ4v) is 5.85. The molecule has 0 saturated carbocycles. The highest BCUT2D eigenvalue weighted by molar-refractivity contribution is 5.98. The van der Waals surface area contributed by atoms with Crippen LogP contribution in [0.15, 0.2) is 60.7 Å². The van der Waals surface area contributed by atoms with E-state index < -0.39 is 18.1 Å². The lowest BCUT2D eigenvalue weighted by molar-refractivity contribution is 0.0588. The van der Waals surface area contributed by atoms with Gasteiger partial charge < -0.3 is 25.4 Å². The second-order valence-electron chi connectivity index (χ2n) is 11.4. The van der Waals surface area contributed by atoms with E-state index in [0.29, 0.717) is 18.7 Å². The first-order valence-electron chi connectivity index (χ1n) is 15.6.